The third-order valence-electron chi connectivity index (χ3n) is 14.4. The molecule has 4 N–H and O–H groups in total. The molecule has 548 valence electrons. The molecule has 1 saturated heterocycles. The van der Waals surface area contributed by atoms with E-state index in [0.717, 1.165) is 68.5 Å². The Morgan fingerprint density at radius 3 is 1.31 bits per heavy atom. The molecule has 7 heterocycles. The van der Waals surface area contributed by atoms with Gasteiger partial charge in [-0.05, 0) is 206 Å². The highest BCUT2D eigenvalue weighted by Crippen LogP contribution is 2.37. The van der Waals surface area contributed by atoms with Gasteiger partial charge in [0, 0.05) is 127 Å². The topological polar surface area (TPSA) is 255 Å². The SMILES string of the molecule is CC(=O)Nc1cc(-c2cncc(N(C)C(=O)c3ccc(F)cc3F)c2)ccn1.CC(=O)Nc1cc(B2OC(C)(C)C(C)(C)O2)ccn1.CI.CN(C(=O)c1ccc(F)cc1F)c1cncc(Br)c1.Nc1cncc(Br)c1.O=C(Cc1cncc(Br)c1)c1ccc(F)cc1F.O=C(Cl)c1ccc(F)cc1F. The van der Waals surface area contributed by atoms with E-state index < -0.39 is 76.5 Å². The Hall–Kier alpha value is -9.32. The van der Waals surface area contributed by atoms with Gasteiger partial charge in [-0.2, -0.15) is 0 Å². The zero-order valence-electron chi connectivity index (χ0n) is 56.9. The minimum atomic E-state index is -0.940. The number of nitrogens with one attached hydrogen (secondary N) is 2. The number of benzene rings is 4. The Morgan fingerprint density at radius 2 is 0.895 bits per heavy atom. The van der Waals surface area contributed by atoms with Crippen molar-refractivity contribution in [1.82, 2.24) is 29.9 Å². The minimum Gasteiger partial charge on any atom is -0.399 e. The first-order chi connectivity index (χ1) is 49.5. The normalized spacial score (nSPS) is 11.9. The highest BCUT2D eigenvalue weighted by molar-refractivity contribution is 14.1. The summed E-state index contributed by atoms with van der Waals surface area (Å²) < 4.78 is 119. The molecule has 1 aliphatic heterocycles. The zero-order valence-corrected chi connectivity index (χ0v) is 64.6. The van der Waals surface area contributed by atoms with Crippen LogP contribution in [0.3, 0.4) is 0 Å². The van der Waals surface area contributed by atoms with Gasteiger partial charge in [0.1, 0.15) is 58.2 Å². The molecule has 0 spiro atoms. The van der Waals surface area contributed by atoms with Crippen molar-refractivity contribution in [2.45, 2.75) is 59.2 Å². The number of nitrogen functional groups attached to an aromatic ring is 1. The van der Waals surface area contributed by atoms with Gasteiger partial charge in [0.05, 0.1) is 62.9 Å². The number of anilines is 5. The van der Waals surface area contributed by atoms with Crippen LogP contribution in [0.4, 0.5) is 63.8 Å². The summed E-state index contributed by atoms with van der Waals surface area (Å²) in [7, 11) is 2.52. The number of nitrogens with zero attached hydrogens (tertiary/aromatic N) is 8. The van der Waals surface area contributed by atoms with Gasteiger partial charge in [0.25, 0.3) is 17.1 Å². The average molecular weight is 1780 g/mol. The number of carbonyl (C=O) groups is 6. The fourth-order valence-corrected chi connectivity index (χ4v) is 9.88. The molecule has 4 aromatic carbocycles. The molecular formula is C72H63BBr3ClF8IN11O8. The molecule has 0 aliphatic carbocycles. The van der Waals surface area contributed by atoms with Gasteiger partial charge in [0.2, 0.25) is 11.8 Å². The predicted octanol–water partition coefficient (Wildman–Crippen LogP) is 16.8. The number of halogens is 13. The lowest BCUT2D eigenvalue weighted by molar-refractivity contribution is -0.115. The summed E-state index contributed by atoms with van der Waals surface area (Å²) in [6, 6.07) is 25.0. The largest absolute Gasteiger partial charge is 0.495 e. The smallest absolute Gasteiger partial charge is 0.399 e. The van der Waals surface area contributed by atoms with E-state index in [4.69, 9.17) is 26.6 Å². The van der Waals surface area contributed by atoms with E-state index >= 15 is 0 Å². The number of aromatic nitrogens is 6. The van der Waals surface area contributed by atoms with Gasteiger partial charge in [-0.3, -0.25) is 48.7 Å². The number of hydrogen-bond acceptors (Lipinski definition) is 15. The van der Waals surface area contributed by atoms with Crippen molar-refractivity contribution in [2.75, 3.05) is 45.2 Å². The molecular weight excluding hydrogens is 1710 g/mol. The molecule has 105 heavy (non-hydrogen) atoms. The third kappa shape index (κ3) is 27.0. The van der Waals surface area contributed by atoms with Crippen LogP contribution in [0.15, 0.2) is 197 Å². The number of carbonyl (C=O) groups excluding carboxylic acids is 6. The first kappa shape index (κ1) is 86.3. The van der Waals surface area contributed by atoms with Crippen molar-refractivity contribution >= 4 is 158 Å². The zero-order chi connectivity index (χ0) is 78.0. The lowest BCUT2D eigenvalue weighted by Crippen LogP contribution is -2.41. The number of pyridine rings is 6. The lowest BCUT2D eigenvalue weighted by Gasteiger charge is -2.32. The van der Waals surface area contributed by atoms with Crippen molar-refractivity contribution in [1.29, 1.82) is 0 Å². The first-order valence-electron chi connectivity index (χ1n) is 30.3. The molecule has 1 fully saturated rings. The second-order valence-electron chi connectivity index (χ2n) is 22.7. The van der Waals surface area contributed by atoms with E-state index in [0.29, 0.717) is 68.6 Å². The van der Waals surface area contributed by atoms with Crippen molar-refractivity contribution < 1.29 is 73.2 Å². The fraction of sp³-hybridized carbons (Fsp3) is 0.167. The standard InChI is InChI=1S/C20H16F2N4O2.C13H19BN2O3.C13H9BrF2N2O.C13H8BrF2NO.C7H3ClF2O.C5H5BrN2.CH3I/c1-12(27)25-19-8-13(5-6-24-19)14-7-16(11-23-10-14)26(2)20(28)17-4-3-15(21)9-18(17)22;1-9(17)16-11-8-10(6-7-15-11)14-18-12(2,3)13(4,5)19-14;1-18(10-4-8(14)6-17-7-10)13(19)11-3-2-9(15)5-12(11)16;14-9-3-8(6-17-7-9)4-13(18)11-2-1-10(15)5-12(11)16;8-7(11)5-2-1-4(9)3-6(5)10;6-4-1-5(7)3-8-2-4;1-2/h3-11H,1-2H3,(H,24,25,27);6-8H,1-5H3,(H,15,16,17);2-7H,1H3;1-3,5-7H,4H2;1-3H;1-3H,7H2;1H3. The Morgan fingerprint density at radius 1 is 0.495 bits per heavy atom. The monoisotopic (exact) mass is 1770 g/mol. The van der Waals surface area contributed by atoms with E-state index in [1.165, 1.54) is 62.5 Å². The Labute approximate surface area is 642 Å². The van der Waals surface area contributed by atoms with Crippen molar-refractivity contribution in [3.05, 3.63) is 271 Å². The van der Waals surface area contributed by atoms with Gasteiger partial charge in [0.15, 0.2) is 5.78 Å². The van der Waals surface area contributed by atoms with Crippen molar-refractivity contribution in [2.24, 2.45) is 0 Å². The molecule has 6 aromatic heterocycles. The quantitative estimate of drug-likeness (QED) is 0.0257. The highest BCUT2D eigenvalue weighted by Gasteiger charge is 2.51. The molecule has 19 nitrogen and oxygen atoms in total. The summed E-state index contributed by atoms with van der Waals surface area (Å²) in [6.45, 7) is 10.8. The van der Waals surface area contributed by atoms with E-state index in [2.05, 4.69) is 111 Å². The van der Waals surface area contributed by atoms with E-state index in [-0.39, 0.29) is 51.7 Å². The maximum atomic E-state index is 13.9. The molecule has 0 radical (unpaired) electrons. The van der Waals surface area contributed by atoms with Crippen LogP contribution in [0.25, 0.3) is 11.1 Å². The molecule has 33 heteroatoms. The second-order valence-corrected chi connectivity index (χ2v) is 25.8. The maximum absolute atomic E-state index is 13.9. The number of alkyl halides is 1. The summed E-state index contributed by atoms with van der Waals surface area (Å²) in [4.78, 5) is 97.5. The molecule has 0 atom stereocenters. The molecule has 1 aliphatic rings. The van der Waals surface area contributed by atoms with E-state index in [1.807, 2.05) is 38.7 Å². The molecule has 10 aromatic rings. The number of Topliss-reactive ketones (excluding diaryl/α,β-unsaturated/α-hetero) is 1. The molecule has 0 unspecified atom stereocenters. The van der Waals surface area contributed by atoms with Crippen LogP contribution < -0.4 is 31.6 Å². The summed E-state index contributed by atoms with van der Waals surface area (Å²) in [5.41, 5.74) is 8.25. The summed E-state index contributed by atoms with van der Waals surface area (Å²) in [5, 5.41) is 4.32. The van der Waals surface area contributed by atoms with Crippen LogP contribution in [0.5, 0.6) is 0 Å². The lowest BCUT2D eigenvalue weighted by atomic mass is 9.80. The minimum absolute atomic E-state index is 0.0228. The Kier molecular flexibility index (Phi) is 33.6. The van der Waals surface area contributed by atoms with Crippen LogP contribution in [0.1, 0.15) is 88.5 Å². The number of hydrogen-bond donors (Lipinski definition) is 3. The van der Waals surface area contributed by atoms with Crippen molar-refractivity contribution in [3.63, 3.8) is 0 Å². The molecule has 11 rings (SSSR count). The maximum Gasteiger partial charge on any atom is 0.495 e. The van der Waals surface area contributed by atoms with Gasteiger partial charge in [-0.1, -0.05) is 22.6 Å². The van der Waals surface area contributed by atoms with Crippen LogP contribution in [0, 0.1) is 46.5 Å². The Bertz CT molecular complexity index is 4710. The Balaban J connectivity index is 0.000000233. The van der Waals surface area contributed by atoms with Gasteiger partial charge < -0.3 is 35.5 Å². The highest BCUT2D eigenvalue weighted by atomic mass is 127. The first-order valence-corrected chi connectivity index (χ1v) is 35.2. The fourth-order valence-electron chi connectivity index (χ4n) is 8.58. The van der Waals surface area contributed by atoms with Gasteiger partial charge >= 0.3 is 7.12 Å². The van der Waals surface area contributed by atoms with Gasteiger partial charge in [-0.25, -0.2) is 45.1 Å². The van der Waals surface area contributed by atoms with Crippen molar-refractivity contribution in [3.8, 4) is 11.1 Å². The number of rotatable bonds is 12. The number of ketones is 1. The molecule has 4 amide bonds. The van der Waals surface area contributed by atoms with E-state index in [9.17, 15) is 63.9 Å². The van der Waals surface area contributed by atoms with Crippen LogP contribution >= 0.6 is 82.0 Å². The summed E-state index contributed by atoms with van der Waals surface area (Å²) in [6.07, 6.45) is 15.7. The summed E-state index contributed by atoms with van der Waals surface area (Å²) >= 11 is 16.8. The van der Waals surface area contributed by atoms with Crippen LogP contribution in [0.2, 0.25) is 0 Å². The molecule has 0 saturated carbocycles. The number of nitrogens with two attached hydrogens (primary N) is 1. The summed E-state index contributed by atoms with van der Waals surface area (Å²) in [5.74, 6) is -7.65. The van der Waals surface area contributed by atoms with Crippen LogP contribution in [-0.2, 0) is 25.3 Å². The van der Waals surface area contributed by atoms with Crippen LogP contribution in [-0.4, -0.2) is 102 Å². The van der Waals surface area contributed by atoms with Gasteiger partial charge in [-0.15, -0.1) is 0 Å². The number of amides is 4. The third-order valence-corrected chi connectivity index (χ3v) is 15.9. The average Bonchev–Trinajstić information content (AvgIpc) is 1.63. The van der Waals surface area contributed by atoms with E-state index in [1.54, 1.807) is 79.6 Å². The predicted molar refractivity (Wildman–Crippen MR) is 405 cm³/mol. The molecule has 0 bridgehead atoms. The second kappa shape index (κ2) is 40.8.